The van der Waals surface area contributed by atoms with Crippen LogP contribution in [0.4, 0.5) is 0 Å². The van der Waals surface area contributed by atoms with Gasteiger partial charge in [0.25, 0.3) is 0 Å². The summed E-state index contributed by atoms with van der Waals surface area (Å²) in [7, 11) is 0. The van der Waals surface area contributed by atoms with Crippen LogP contribution in [0.3, 0.4) is 0 Å². The van der Waals surface area contributed by atoms with Gasteiger partial charge in [0.1, 0.15) is 12.4 Å². The zero-order valence-corrected chi connectivity index (χ0v) is 19.5. The molecule has 0 unspecified atom stereocenters. The van der Waals surface area contributed by atoms with Gasteiger partial charge in [0, 0.05) is 19.6 Å². The highest BCUT2D eigenvalue weighted by molar-refractivity contribution is 7.99. The Kier molecular flexibility index (Phi) is 8.19. The van der Waals surface area contributed by atoms with Crippen LogP contribution in [0, 0.1) is 11.8 Å². The lowest BCUT2D eigenvalue weighted by molar-refractivity contribution is -0.129. The molecule has 30 heavy (non-hydrogen) atoms. The summed E-state index contributed by atoms with van der Waals surface area (Å²) in [4.78, 5) is 14.6. The van der Waals surface area contributed by atoms with Gasteiger partial charge in [-0.2, -0.15) is 0 Å². The van der Waals surface area contributed by atoms with Crippen molar-refractivity contribution in [2.45, 2.75) is 65.3 Å². The van der Waals surface area contributed by atoms with Crippen molar-refractivity contribution in [2.24, 2.45) is 11.8 Å². The number of nitrogens with zero attached hydrogens (tertiary/aromatic N) is 4. The first-order chi connectivity index (χ1) is 14.5. The highest BCUT2D eigenvalue weighted by Gasteiger charge is 2.22. The normalized spacial score (nSPS) is 15.0. The molecule has 0 bridgehead atoms. The van der Waals surface area contributed by atoms with Gasteiger partial charge in [-0.1, -0.05) is 51.6 Å². The summed E-state index contributed by atoms with van der Waals surface area (Å²) in [5.74, 6) is 3.39. The fraction of sp³-hybridized carbons (Fsp3) is 0.609. The van der Waals surface area contributed by atoms with E-state index in [1.807, 2.05) is 17.0 Å². The number of hydrogen-bond donors (Lipinski definition) is 0. The second-order valence-corrected chi connectivity index (χ2v) is 9.48. The van der Waals surface area contributed by atoms with Gasteiger partial charge in [0.05, 0.1) is 5.75 Å². The Hall–Kier alpha value is -2.02. The van der Waals surface area contributed by atoms with Crippen LogP contribution in [-0.4, -0.2) is 44.4 Å². The average molecular weight is 431 g/mol. The number of benzene rings is 1. The quantitative estimate of drug-likeness (QED) is 0.551. The number of ether oxygens (including phenoxy) is 1. The van der Waals surface area contributed by atoms with E-state index in [1.165, 1.54) is 17.3 Å². The Balaban J connectivity index is 1.61. The molecule has 6 nitrogen and oxygen atoms in total. The zero-order chi connectivity index (χ0) is 21.5. The smallest absolute Gasteiger partial charge is 0.233 e. The van der Waals surface area contributed by atoms with Crippen LogP contribution in [-0.2, 0) is 24.4 Å². The van der Waals surface area contributed by atoms with Gasteiger partial charge >= 0.3 is 0 Å². The van der Waals surface area contributed by atoms with Crippen LogP contribution in [0.25, 0.3) is 0 Å². The first-order valence-corrected chi connectivity index (χ1v) is 12.0. The molecule has 0 N–H and O–H groups in total. The number of carbonyl (C=O) groups excluding carboxylic acids is 1. The largest absolute Gasteiger partial charge is 0.486 e. The molecule has 7 heteroatoms. The Bertz CT molecular complexity index is 811. The van der Waals surface area contributed by atoms with Crippen molar-refractivity contribution >= 4 is 17.7 Å². The van der Waals surface area contributed by atoms with E-state index < -0.39 is 0 Å². The maximum atomic E-state index is 12.6. The van der Waals surface area contributed by atoms with E-state index in [4.69, 9.17) is 4.74 Å². The van der Waals surface area contributed by atoms with Crippen molar-refractivity contribution < 1.29 is 9.53 Å². The van der Waals surface area contributed by atoms with Crippen LogP contribution in [0.1, 0.15) is 51.9 Å². The topological polar surface area (TPSA) is 60.3 Å². The number of amides is 1. The molecule has 0 spiro atoms. The first-order valence-electron chi connectivity index (χ1n) is 11.0. The lowest BCUT2D eigenvalue weighted by Gasteiger charge is -2.30. The Morgan fingerprint density at radius 1 is 1.20 bits per heavy atom. The molecule has 164 valence electrons. The standard InChI is InChI=1S/C23H34N4O2S/c1-5-19-6-8-20(9-7-19)29-15-21-24-25-23(27(21)14-17(2)3)30-16-22(28)26-12-10-18(4)11-13-26/h6-9,17-18H,5,10-16H2,1-4H3. The van der Waals surface area contributed by atoms with Crippen LogP contribution in [0.15, 0.2) is 29.4 Å². The van der Waals surface area contributed by atoms with Crippen molar-refractivity contribution in [3.8, 4) is 5.75 Å². The number of aryl methyl sites for hydroxylation is 1. The van der Waals surface area contributed by atoms with Gasteiger partial charge in [-0.3, -0.25) is 4.79 Å². The highest BCUT2D eigenvalue weighted by Crippen LogP contribution is 2.22. The molecule has 0 saturated carbocycles. The fourth-order valence-corrected chi connectivity index (χ4v) is 4.40. The molecule has 1 saturated heterocycles. The van der Waals surface area contributed by atoms with Gasteiger partial charge in [0.2, 0.25) is 5.91 Å². The van der Waals surface area contributed by atoms with E-state index in [-0.39, 0.29) is 5.91 Å². The SMILES string of the molecule is CCc1ccc(OCc2nnc(SCC(=O)N3CCC(C)CC3)n2CC(C)C)cc1. The lowest BCUT2D eigenvalue weighted by atomic mass is 9.99. The summed E-state index contributed by atoms with van der Waals surface area (Å²) in [5, 5.41) is 9.52. The Labute approximate surface area is 184 Å². The van der Waals surface area contributed by atoms with Gasteiger partial charge in [-0.05, 0) is 48.8 Å². The number of aromatic nitrogens is 3. The summed E-state index contributed by atoms with van der Waals surface area (Å²) in [5.41, 5.74) is 1.29. The molecule has 2 heterocycles. The minimum atomic E-state index is 0.194. The molecule has 2 aromatic rings. The second kappa shape index (κ2) is 10.8. The maximum absolute atomic E-state index is 12.6. The molecule has 1 aliphatic rings. The molecule has 1 aromatic carbocycles. The van der Waals surface area contributed by atoms with Crippen LogP contribution >= 0.6 is 11.8 Å². The van der Waals surface area contributed by atoms with Gasteiger partial charge < -0.3 is 14.2 Å². The Morgan fingerprint density at radius 3 is 2.53 bits per heavy atom. The summed E-state index contributed by atoms with van der Waals surface area (Å²) < 4.78 is 8.05. The van der Waals surface area contributed by atoms with Gasteiger partial charge in [-0.15, -0.1) is 10.2 Å². The second-order valence-electron chi connectivity index (χ2n) is 8.54. The zero-order valence-electron chi connectivity index (χ0n) is 18.6. The van der Waals surface area contributed by atoms with Crippen molar-refractivity contribution in [2.75, 3.05) is 18.8 Å². The van der Waals surface area contributed by atoms with Gasteiger partial charge in [-0.25, -0.2) is 0 Å². The fourth-order valence-electron chi connectivity index (χ4n) is 3.53. The average Bonchev–Trinajstić information content (AvgIpc) is 3.12. The van der Waals surface area contributed by atoms with E-state index in [0.717, 1.165) is 61.5 Å². The number of thioether (sulfide) groups is 1. The van der Waals surface area contributed by atoms with E-state index >= 15 is 0 Å². The van der Waals surface area contributed by atoms with Crippen LogP contribution < -0.4 is 4.74 Å². The summed E-state index contributed by atoms with van der Waals surface area (Å²) >= 11 is 1.48. The third-order valence-electron chi connectivity index (χ3n) is 5.50. The van der Waals surface area contributed by atoms with E-state index in [0.29, 0.717) is 18.3 Å². The van der Waals surface area contributed by atoms with E-state index in [1.54, 1.807) is 0 Å². The first kappa shape index (κ1) is 22.7. The van der Waals surface area contributed by atoms with Crippen molar-refractivity contribution in [1.82, 2.24) is 19.7 Å². The van der Waals surface area contributed by atoms with Crippen LogP contribution in [0.2, 0.25) is 0 Å². The predicted octanol–water partition coefficient (Wildman–Crippen LogP) is 4.43. The molecule has 1 aromatic heterocycles. The molecule has 0 radical (unpaired) electrons. The van der Waals surface area contributed by atoms with E-state index in [2.05, 4.69) is 54.6 Å². The predicted molar refractivity (Wildman–Crippen MR) is 121 cm³/mol. The summed E-state index contributed by atoms with van der Waals surface area (Å²) in [6, 6.07) is 8.16. The van der Waals surface area contributed by atoms with Crippen molar-refractivity contribution in [3.05, 3.63) is 35.7 Å². The summed E-state index contributed by atoms with van der Waals surface area (Å²) in [6.07, 6.45) is 3.21. The number of likely N-dealkylation sites (tertiary alicyclic amines) is 1. The van der Waals surface area contributed by atoms with Crippen LogP contribution in [0.5, 0.6) is 5.75 Å². The molecule has 0 atom stereocenters. The minimum Gasteiger partial charge on any atom is -0.486 e. The third-order valence-corrected chi connectivity index (χ3v) is 6.45. The molecular weight excluding hydrogens is 396 g/mol. The molecule has 1 aliphatic heterocycles. The maximum Gasteiger partial charge on any atom is 0.233 e. The number of hydrogen-bond acceptors (Lipinski definition) is 5. The molecule has 1 amide bonds. The molecular formula is C23H34N4O2S. The Morgan fingerprint density at radius 2 is 1.90 bits per heavy atom. The third kappa shape index (κ3) is 6.24. The summed E-state index contributed by atoms with van der Waals surface area (Å²) in [6.45, 7) is 11.6. The highest BCUT2D eigenvalue weighted by atomic mass is 32.2. The van der Waals surface area contributed by atoms with E-state index in [9.17, 15) is 4.79 Å². The van der Waals surface area contributed by atoms with Crippen molar-refractivity contribution in [1.29, 1.82) is 0 Å². The minimum absolute atomic E-state index is 0.194. The monoisotopic (exact) mass is 430 g/mol. The van der Waals surface area contributed by atoms with Gasteiger partial charge in [0.15, 0.2) is 11.0 Å². The molecule has 0 aliphatic carbocycles. The number of carbonyl (C=O) groups is 1. The number of rotatable bonds is 9. The lowest BCUT2D eigenvalue weighted by Crippen LogP contribution is -2.38. The molecule has 3 rings (SSSR count). The van der Waals surface area contributed by atoms with Crippen molar-refractivity contribution in [3.63, 3.8) is 0 Å². The molecule has 1 fully saturated rings. The number of piperidine rings is 1.